The minimum Gasteiger partial charge on any atom is -0.480 e. The number of carbonyl (C=O) groups is 1. The van der Waals surface area contributed by atoms with Gasteiger partial charge in [0.25, 0.3) is 0 Å². The van der Waals surface area contributed by atoms with Gasteiger partial charge in [-0.2, -0.15) is 0 Å². The summed E-state index contributed by atoms with van der Waals surface area (Å²) in [7, 11) is 0. The maximum atomic E-state index is 10.9. The average molecular weight is 224 g/mol. The summed E-state index contributed by atoms with van der Waals surface area (Å²) in [4.78, 5) is 18.8. The van der Waals surface area contributed by atoms with E-state index in [0.29, 0.717) is 18.9 Å². The first kappa shape index (κ1) is 12.4. The van der Waals surface area contributed by atoms with Crippen LogP contribution in [0.15, 0.2) is 18.5 Å². The lowest BCUT2D eigenvalue weighted by molar-refractivity contribution is -0.138. The Morgan fingerprint density at radius 2 is 2.12 bits per heavy atom. The summed E-state index contributed by atoms with van der Waals surface area (Å²) in [6.45, 7) is 0.578. The molecule has 0 aliphatic carbocycles. The van der Waals surface area contributed by atoms with Crippen molar-refractivity contribution in [1.82, 2.24) is 9.97 Å². The van der Waals surface area contributed by atoms with Crippen molar-refractivity contribution < 1.29 is 9.90 Å². The Balaban J connectivity index is 2.48. The summed E-state index contributed by atoms with van der Waals surface area (Å²) in [5.41, 5.74) is 5.35. The molecule has 0 fully saturated rings. The molecule has 0 aromatic carbocycles. The second-order valence-electron chi connectivity index (χ2n) is 3.39. The number of rotatable bonds is 7. The molecule has 0 bridgehead atoms. The molecule has 16 heavy (non-hydrogen) atoms. The lowest BCUT2D eigenvalue weighted by Gasteiger charge is -2.13. The van der Waals surface area contributed by atoms with E-state index in [1.165, 1.54) is 0 Å². The van der Waals surface area contributed by atoms with Crippen LogP contribution in [0.25, 0.3) is 0 Å². The number of carboxylic acids is 1. The number of hydrogen-bond donors (Lipinski definition) is 3. The maximum absolute atomic E-state index is 10.9. The fraction of sp³-hybridized carbons (Fsp3) is 0.500. The van der Waals surface area contributed by atoms with Gasteiger partial charge in [0, 0.05) is 12.4 Å². The summed E-state index contributed by atoms with van der Waals surface area (Å²) in [5, 5.41) is 11.8. The molecule has 1 heterocycles. The van der Waals surface area contributed by atoms with E-state index in [0.717, 1.165) is 12.8 Å². The standard InChI is InChI=1S/C10H16N4O2/c11-5-2-1-4-8(9(15)16)14-10-12-6-3-7-13-10/h3,6-8H,1-2,4-5,11H2,(H,15,16)(H,12,13,14)/t8-/m0/s1. The molecule has 0 aliphatic rings. The summed E-state index contributed by atoms with van der Waals surface area (Å²) >= 11 is 0. The molecule has 0 spiro atoms. The zero-order valence-electron chi connectivity index (χ0n) is 8.97. The number of nitrogens with zero attached hydrogens (tertiary/aromatic N) is 2. The van der Waals surface area contributed by atoms with Gasteiger partial charge >= 0.3 is 5.97 Å². The van der Waals surface area contributed by atoms with Crippen molar-refractivity contribution in [2.24, 2.45) is 5.73 Å². The van der Waals surface area contributed by atoms with Crippen molar-refractivity contribution in [1.29, 1.82) is 0 Å². The number of carboxylic acid groups (broad SMARTS) is 1. The number of aliphatic carboxylic acids is 1. The van der Waals surface area contributed by atoms with Gasteiger partial charge in [0.05, 0.1) is 0 Å². The largest absolute Gasteiger partial charge is 0.480 e. The summed E-state index contributed by atoms with van der Waals surface area (Å²) in [6.07, 6.45) is 5.24. The highest BCUT2D eigenvalue weighted by Gasteiger charge is 2.17. The zero-order chi connectivity index (χ0) is 11.8. The van der Waals surface area contributed by atoms with Gasteiger partial charge < -0.3 is 16.2 Å². The monoisotopic (exact) mass is 224 g/mol. The zero-order valence-corrected chi connectivity index (χ0v) is 8.97. The molecule has 6 nitrogen and oxygen atoms in total. The number of nitrogens with two attached hydrogens (primary N) is 1. The van der Waals surface area contributed by atoms with E-state index < -0.39 is 12.0 Å². The second kappa shape index (κ2) is 6.73. The van der Waals surface area contributed by atoms with Gasteiger partial charge in [-0.3, -0.25) is 0 Å². The first-order valence-electron chi connectivity index (χ1n) is 5.20. The number of aromatic nitrogens is 2. The summed E-state index contributed by atoms with van der Waals surface area (Å²) < 4.78 is 0. The Bertz CT molecular complexity index is 318. The molecule has 6 heteroatoms. The van der Waals surface area contributed by atoms with Crippen LogP contribution in [-0.4, -0.2) is 33.6 Å². The molecule has 88 valence electrons. The lowest BCUT2D eigenvalue weighted by Crippen LogP contribution is -2.30. The molecular weight excluding hydrogens is 208 g/mol. The normalized spacial score (nSPS) is 12.1. The van der Waals surface area contributed by atoms with E-state index in [2.05, 4.69) is 15.3 Å². The van der Waals surface area contributed by atoms with E-state index in [-0.39, 0.29) is 0 Å². The van der Waals surface area contributed by atoms with Crippen LogP contribution >= 0.6 is 0 Å². The van der Waals surface area contributed by atoms with Gasteiger partial charge in [0.2, 0.25) is 5.95 Å². The lowest BCUT2D eigenvalue weighted by atomic mass is 10.1. The molecule has 0 amide bonds. The number of anilines is 1. The topological polar surface area (TPSA) is 101 Å². The average Bonchev–Trinajstić information content (AvgIpc) is 2.29. The Kier molecular flexibility index (Phi) is 5.21. The molecule has 1 aromatic rings. The van der Waals surface area contributed by atoms with Crippen LogP contribution in [0.5, 0.6) is 0 Å². The van der Waals surface area contributed by atoms with Gasteiger partial charge in [-0.05, 0) is 31.9 Å². The van der Waals surface area contributed by atoms with Crippen LogP contribution in [0.1, 0.15) is 19.3 Å². The van der Waals surface area contributed by atoms with Crippen molar-refractivity contribution in [3.05, 3.63) is 18.5 Å². The molecule has 0 radical (unpaired) electrons. The molecule has 4 N–H and O–H groups in total. The second-order valence-corrected chi connectivity index (χ2v) is 3.39. The molecule has 0 aliphatic heterocycles. The van der Waals surface area contributed by atoms with Crippen molar-refractivity contribution in [2.45, 2.75) is 25.3 Å². The Labute approximate surface area is 93.9 Å². The van der Waals surface area contributed by atoms with Gasteiger partial charge in [0.15, 0.2) is 0 Å². The van der Waals surface area contributed by atoms with Gasteiger partial charge in [-0.15, -0.1) is 0 Å². The first-order valence-corrected chi connectivity index (χ1v) is 5.20. The Morgan fingerprint density at radius 1 is 1.44 bits per heavy atom. The quantitative estimate of drug-likeness (QED) is 0.582. The van der Waals surface area contributed by atoms with Crippen LogP contribution in [0.2, 0.25) is 0 Å². The van der Waals surface area contributed by atoms with E-state index in [9.17, 15) is 4.79 Å². The highest BCUT2D eigenvalue weighted by molar-refractivity contribution is 5.76. The molecule has 0 saturated heterocycles. The van der Waals surface area contributed by atoms with Crippen LogP contribution in [0.4, 0.5) is 5.95 Å². The molecule has 1 aromatic heterocycles. The third kappa shape index (κ3) is 4.22. The highest BCUT2D eigenvalue weighted by atomic mass is 16.4. The number of hydrogen-bond acceptors (Lipinski definition) is 5. The fourth-order valence-corrected chi connectivity index (χ4v) is 1.28. The smallest absolute Gasteiger partial charge is 0.326 e. The first-order chi connectivity index (χ1) is 7.74. The van der Waals surface area contributed by atoms with Crippen molar-refractivity contribution in [3.63, 3.8) is 0 Å². The van der Waals surface area contributed by atoms with Crippen LogP contribution in [0.3, 0.4) is 0 Å². The van der Waals surface area contributed by atoms with Crippen molar-refractivity contribution >= 4 is 11.9 Å². The third-order valence-electron chi connectivity index (χ3n) is 2.11. The van der Waals surface area contributed by atoms with Crippen LogP contribution in [0, 0.1) is 0 Å². The van der Waals surface area contributed by atoms with Crippen LogP contribution in [-0.2, 0) is 4.79 Å². The SMILES string of the molecule is NCCCC[C@H](Nc1ncccn1)C(=O)O. The van der Waals surface area contributed by atoms with Gasteiger partial charge in [0.1, 0.15) is 6.04 Å². The van der Waals surface area contributed by atoms with Crippen LogP contribution < -0.4 is 11.1 Å². The van der Waals surface area contributed by atoms with E-state index in [4.69, 9.17) is 10.8 Å². The third-order valence-corrected chi connectivity index (χ3v) is 2.11. The Hall–Kier alpha value is -1.69. The number of nitrogens with one attached hydrogen (secondary N) is 1. The molecule has 1 rings (SSSR count). The maximum Gasteiger partial charge on any atom is 0.326 e. The summed E-state index contributed by atoms with van der Waals surface area (Å²) in [5.74, 6) is -0.563. The van der Waals surface area contributed by atoms with Crippen molar-refractivity contribution in [2.75, 3.05) is 11.9 Å². The predicted octanol–water partition coefficient (Wildman–Crippen LogP) is 0.471. The molecule has 0 saturated carbocycles. The van der Waals surface area contributed by atoms with Gasteiger partial charge in [-0.1, -0.05) is 0 Å². The van der Waals surface area contributed by atoms with E-state index in [1.807, 2.05) is 0 Å². The molecular formula is C10H16N4O2. The Morgan fingerprint density at radius 3 is 2.69 bits per heavy atom. The molecule has 1 atom stereocenters. The predicted molar refractivity (Wildman–Crippen MR) is 60.0 cm³/mol. The van der Waals surface area contributed by atoms with Gasteiger partial charge in [-0.25, -0.2) is 14.8 Å². The molecule has 0 unspecified atom stereocenters. The highest BCUT2D eigenvalue weighted by Crippen LogP contribution is 2.06. The van der Waals surface area contributed by atoms with E-state index >= 15 is 0 Å². The number of unbranched alkanes of at least 4 members (excludes halogenated alkanes) is 1. The minimum absolute atomic E-state index is 0.336. The van der Waals surface area contributed by atoms with Crippen molar-refractivity contribution in [3.8, 4) is 0 Å². The summed E-state index contributed by atoms with van der Waals surface area (Å²) in [6, 6.07) is 1.02. The van der Waals surface area contributed by atoms with E-state index in [1.54, 1.807) is 18.5 Å². The fourth-order valence-electron chi connectivity index (χ4n) is 1.28. The minimum atomic E-state index is -0.899.